The van der Waals surface area contributed by atoms with Crippen LogP contribution in [0.25, 0.3) is 0 Å². The number of rotatable bonds is 9. The highest BCUT2D eigenvalue weighted by molar-refractivity contribution is 7.80. The number of benzene rings is 2. The SMILES string of the molecule is COc1cc(CN(CC2CCCO2)C(=S)NCc2ccccc2)c(OC)c(OC)c1. The second-order valence-corrected chi connectivity index (χ2v) is 7.57. The monoisotopic (exact) mass is 430 g/mol. The van der Waals surface area contributed by atoms with Crippen LogP contribution in [0.5, 0.6) is 17.2 Å². The van der Waals surface area contributed by atoms with Gasteiger partial charge in [-0.3, -0.25) is 0 Å². The molecule has 162 valence electrons. The van der Waals surface area contributed by atoms with Gasteiger partial charge < -0.3 is 29.2 Å². The summed E-state index contributed by atoms with van der Waals surface area (Å²) in [7, 11) is 4.91. The van der Waals surface area contributed by atoms with Crippen LogP contribution in [0.2, 0.25) is 0 Å². The lowest BCUT2D eigenvalue weighted by Crippen LogP contribution is -2.42. The van der Waals surface area contributed by atoms with Crippen LogP contribution in [-0.4, -0.2) is 50.6 Å². The molecule has 1 fully saturated rings. The first-order valence-electron chi connectivity index (χ1n) is 10.1. The molecule has 1 aliphatic heterocycles. The quantitative estimate of drug-likeness (QED) is 0.608. The van der Waals surface area contributed by atoms with Crippen molar-refractivity contribution in [2.24, 2.45) is 0 Å². The summed E-state index contributed by atoms with van der Waals surface area (Å²) in [6.07, 6.45) is 2.29. The Morgan fingerprint density at radius 3 is 2.57 bits per heavy atom. The molecule has 0 spiro atoms. The van der Waals surface area contributed by atoms with Crippen molar-refractivity contribution < 1.29 is 18.9 Å². The number of hydrogen-bond acceptors (Lipinski definition) is 5. The normalized spacial score (nSPS) is 15.5. The molecule has 1 aliphatic rings. The zero-order valence-corrected chi connectivity index (χ0v) is 18.7. The van der Waals surface area contributed by atoms with E-state index in [2.05, 4.69) is 22.3 Å². The minimum atomic E-state index is 0.167. The van der Waals surface area contributed by atoms with Gasteiger partial charge in [0.05, 0.1) is 27.4 Å². The Morgan fingerprint density at radius 2 is 1.93 bits per heavy atom. The second kappa shape index (κ2) is 11.0. The van der Waals surface area contributed by atoms with E-state index in [0.29, 0.717) is 42.0 Å². The van der Waals surface area contributed by atoms with E-state index >= 15 is 0 Å². The smallest absolute Gasteiger partial charge is 0.169 e. The lowest BCUT2D eigenvalue weighted by molar-refractivity contribution is 0.0895. The molecule has 0 saturated carbocycles. The summed E-state index contributed by atoms with van der Waals surface area (Å²) < 4.78 is 22.5. The van der Waals surface area contributed by atoms with Crippen molar-refractivity contribution in [3.63, 3.8) is 0 Å². The van der Waals surface area contributed by atoms with Gasteiger partial charge in [-0.25, -0.2) is 0 Å². The van der Waals surface area contributed by atoms with E-state index < -0.39 is 0 Å². The number of hydrogen-bond donors (Lipinski definition) is 1. The maximum atomic E-state index is 5.87. The molecule has 7 heteroatoms. The molecule has 0 amide bonds. The summed E-state index contributed by atoms with van der Waals surface area (Å²) in [5.74, 6) is 2.02. The molecule has 0 aromatic heterocycles. The Kier molecular flexibility index (Phi) is 8.16. The molecule has 1 heterocycles. The number of ether oxygens (including phenoxy) is 4. The molecule has 0 radical (unpaired) electrons. The topological polar surface area (TPSA) is 52.2 Å². The maximum absolute atomic E-state index is 5.87. The molecular weight excluding hydrogens is 400 g/mol. The van der Waals surface area contributed by atoms with Crippen LogP contribution < -0.4 is 19.5 Å². The number of thiocarbonyl (C=S) groups is 1. The van der Waals surface area contributed by atoms with Gasteiger partial charge in [-0.15, -0.1) is 0 Å². The summed E-state index contributed by atoms with van der Waals surface area (Å²) in [4.78, 5) is 2.13. The van der Waals surface area contributed by atoms with Gasteiger partial charge in [0.25, 0.3) is 0 Å². The summed E-state index contributed by atoms with van der Waals surface area (Å²) in [5, 5.41) is 4.07. The Bertz CT molecular complexity index is 825. The van der Waals surface area contributed by atoms with Crippen LogP contribution in [-0.2, 0) is 17.8 Å². The fourth-order valence-electron chi connectivity index (χ4n) is 3.59. The van der Waals surface area contributed by atoms with Crippen molar-refractivity contribution in [1.82, 2.24) is 10.2 Å². The molecule has 1 atom stereocenters. The Hall–Kier alpha value is -2.51. The molecule has 2 aromatic carbocycles. The highest BCUT2D eigenvalue weighted by Crippen LogP contribution is 2.36. The van der Waals surface area contributed by atoms with Crippen molar-refractivity contribution >= 4 is 17.3 Å². The van der Waals surface area contributed by atoms with E-state index in [4.69, 9.17) is 31.2 Å². The predicted molar refractivity (Wildman–Crippen MR) is 121 cm³/mol. The summed E-state index contributed by atoms with van der Waals surface area (Å²) >= 11 is 5.77. The standard InChI is InChI=1S/C23H30N2O4S/c1-26-20-12-18(22(28-3)21(13-20)27-2)15-25(16-19-10-7-11-29-19)23(30)24-14-17-8-5-4-6-9-17/h4-6,8-9,12-13,19H,7,10-11,14-16H2,1-3H3,(H,24,30). The number of nitrogens with zero attached hydrogens (tertiary/aromatic N) is 1. The Morgan fingerprint density at radius 1 is 1.13 bits per heavy atom. The van der Waals surface area contributed by atoms with Crippen LogP contribution in [0.15, 0.2) is 42.5 Å². The van der Waals surface area contributed by atoms with Gasteiger partial charge in [0.15, 0.2) is 16.6 Å². The second-order valence-electron chi connectivity index (χ2n) is 7.18. The van der Waals surface area contributed by atoms with Crippen molar-refractivity contribution in [3.8, 4) is 17.2 Å². The van der Waals surface area contributed by atoms with E-state index in [1.807, 2.05) is 30.3 Å². The van der Waals surface area contributed by atoms with Crippen LogP contribution in [0.3, 0.4) is 0 Å². The lowest BCUT2D eigenvalue weighted by Gasteiger charge is -2.29. The minimum absolute atomic E-state index is 0.167. The van der Waals surface area contributed by atoms with Crippen LogP contribution in [0, 0.1) is 0 Å². The third-order valence-electron chi connectivity index (χ3n) is 5.15. The van der Waals surface area contributed by atoms with E-state index in [1.165, 1.54) is 5.56 Å². The van der Waals surface area contributed by atoms with E-state index in [9.17, 15) is 0 Å². The lowest BCUT2D eigenvalue weighted by atomic mass is 10.1. The first-order chi connectivity index (χ1) is 14.6. The van der Waals surface area contributed by atoms with Crippen molar-refractivity contribution in [2.75, 3.05) is 34.5 Å². The molecule has 2 aromatic rings. The zero-order valence-electron chi connectivity index (χ0n) is 17.8. The average Bonchev–Trinajstić information content (AvgIpc) is 3.30. The third-order valence-corrected chi connectivity index (χ3v) is 5.55. The molecule has 1 unspecified atom stereocenters. The highest BCUT2D eigenvalue weighted by Gasteiger charge is 2.23. The Balaban J connectivity index is 1.80. The maximum Gasteiger partial charge on any atom is 0.169 e. The van der Waals surface area contributed by atoms with Gasteiger partial charge in [0, 0.05) is 37.9 Å². The van der Waals surface area contributed by atoms with Gasteiger partial charge >= 0.3 is 0 Å². The molecule has 0 bridgehead atoms. The van der Waals surface area contributed by atoms with Gasteiger partial charge in [0.2, 0.25) is 0 Å². The predicted octanol–water partition coefficient (Wildman–Crippen LogP) is 3.77. The molecular formula is C23H30N2O4S. The van der Waals surface area contributed by atoms with Crippen LogP contribution >= 0.6 is 12.2 Å². The molecule has 3 rings (SSSR count). The molecule has 1 N–H and O–H groups in total. The van der Waals surface area contributed by atoms with Gasteiger partial charge in [0.1, 0.15) is 5.75 Å². The molecule has 0 aliphatic carbocycles. The summed E-state index contributed by atoms with van der Waals surface area (Å²) in [5.41, 5.74) is 2.12. The number of methoxy groups -OCH3 is 3. The van der Waals surface area contributed by atoms with Gasteiger partial charge in [-0.1, -0.05) is 30.3 Å². The fraction of sp³-hybridized carbons (Fsp3) is 0.435. The summed E-state index contributed by atoms with van der Waals surface area (Å²) in [6, 6.07) is 14.0. The first-order valence-corrected chi connectivity index (χ1v) is 10.5. The third kappa shape index (κ3) is 5.77. The van der Waals surface area contributed by atoms with E-state index in [0.717, 1.165) is 25.0 Å². The average molecular weight is 431 g/mol. The first kappa shape index (κ1) is 22.2. The van der Waals surface area contributed by atoms with Gasteiger partial charge in [-0.05, 0) is 36.7 Å². The van der Waals surface area contributed by atoms with Crippen LogP contribution in [0.4, 0.5) is 0 Å². The fourth-order valence-corrected chi connectivity index (χ4v) is 3.81. The van der Waals surface area contributed by atoms with Gasteiger partial charge in [-0.2, -0.15) is 0 Å². The largest absolute Gasteiger partial charge is 0.497 e. The molecule has 1 saturated heterocycles. The van der Waals surface area contributed by atoms with E-state index in [-0.39, 0.29) is 6.10 Å². The highest BCUT2D eigenvalue weighted by atomic mass is 32.1. The summed E-state index contributed by atoms with van der Waals surface area (Å²) in [6.45, 7) is 2.74. The molecule has 6 nitrogen and oxygen atoms in total. The van der Waals surface area contributed by atoms with Crippen molar-refractivity contribution in [1.29, 1.82) is 0 Å². The van der Waals surface area contributed by atoms with E-state index in [1.54, 1.807) is 21.3 Å². The minimum Gasteiger partial charge on any atom is -0.497 e. The number of nitrogens with one attached hydrogen (secondary N) is 1. The zero-order chi connectivity index (χ0) is 21.3. The Labute approximate surface area is 184 Å². The van der Waals surface area contributed by atoms with Crippen molar-refractivity contribution in [3.05, 3.63) is 53.6 Å². The van der Waals surface area contributed by atoms with Crippen molar-refractivity contribution in [2.45, 2.75) is 32.0 Å². The molecule has 30 heavy (non-hydrogen) atoms. The van der Waals surface area contributed by atoms with Crippen LogP contribution in [0.1, 0.15) is 24.0 Å².